The molecule has 9 heteroatoms. The van der Waals surface area contributed by atoms with Crippen LogP contribution in [0.1, 0.15) is 32.3 Å². The van der Waals surface area contributed by atoms with E-state index in [2.05, 4.69) is 20.9 Å². The van der Waals surface area contributed by atoms with E-state index in [1.165, 1.54) is 17.4 Å². The summed E-state index contributed by atoms with van der Waals surface area (Å²) in [6.07, 6.45) is 0.377. The fourth-order valence-electron chi connectivity index (χ4n) is 3.93. The first-order chi connectivity index (χ1) is 16.1. The van der Waals surface area contributed by atoms with Gasteiger partial charge in [0.05, 0.1) is 29.7 Å². The van der Waals surface area contributed by atoms with Crippen LogP contribution in [0.3, 0.4) is 0 Å². The molecule has 0 bridgehead atoms. The number of nitrogens with zero attached hydrogens (tertiary/aromatic N) is 5. The summed E-state index contributed by atoms with van der Waals surface area (Å²) in [6, 6.07) is 12.5. The van der Waals surface area contributed by atoms with Crippen LogP contribution < -0.4 is 4.90 Å². The van der Waals surface area contributed by atoms with Crippen molar-refractivity contribution in [1.29, 1.82) is 5.26 Å². The second-order valence-electron chi connectivity index (χ2n) is 7.68. The molecule has 0 spiro atoms. The summed E-state index contributed by atoms with van der Waals surface area (Å²) in [5.41, 5.74) is 1.97. The Hall–Kier alpha value is -3.35. The lowest BCUT2D eigenvalue weighted by Crippen LogP contribution is -2.49. The van der Waals surface area contributed by atoms with Gasteiger partial charge in [0.2, 0.25) is 0 Å². The van der Waals surface area contributed by atoms with Gasteiger partial charge >= 0.3 is 0 Å². The SMILES string of the molecule is COCc1nc(CC#N)nc(N2CCN(C(=O)c3cccs3)CC2)c1Cc1ccccc1F. The molecule has 1 fully saturated rings. The molecular weight excluding hydrogens is 441 g/mol. The molecule has 0 N–H and O–H groups in total. The van der Waals surface area contributed by atoms with Gasteiger partial charge in [-0.15, -0.1) is 11.3 Å². The first kappa shape index (κ1) is 22.8. The predicted octanol–water partition coefficient (Wildman–Crippen LogP) is 3.44. The van der Waals surface area contributed by atoms with Crippen molar-refractivity contribution >= 4 is 23.1 Å². The molecular formula is C24H24FN5O2S. The van der Waals surface area contributed by atoms with Crippen LogP contribution in [0.5, 0.6) is 0 Å². The molecule has 0 saturated carbocycles. The van der Waals surface area contributed by atoms with Gasteiger partial charge < -0.3 is 14.5 Å². The van der Waals surface area contributed by atoms with E-state index >= 15 is 0 Å². The van der Waals surface area contributed by atoms with Crippen molar-refractivity contribution in [3.63, 3.8) is 0 Å². The predicted molar refractivity (Wildman–Crippen MR) is 124 cm³/mol. The second-order valence-corrected chi connectivity index (χ2v) is 8.63. The molecule has 7 nitrogen and oxygen atoms in total. The van der Waals surface area contributed by atoms with Gasteiger partial charge in [-0.25, -0.2) is 14.4 Å². The van der Waals surface area contributed by atoms with Crippen LogP contribution in [0.25, 0.3) is 0 Å². The average Bonchev–Trinajstić information content (AvgIpc) is 3.37. The summed E-state index contributed by atoms with van der Waals surface area (Å²) in [6.45, 7) is 2.49. The van der Waals surface area contributed by atoms with Crippen LogP contribution in [0.15, 0.2) is 41.8 Å². The number of hydrogen-bond donors (Lipinski definition) is 0. The van der Waals surface area contributed by atoms with Crippen molar-refractivity contribution in [2.45, 2.75) is 19.4 Å². The van der Waals surface area contributed by atoms with E-state index in [1.54, 1.807) is 25.3 Å². The summed E-state index contributed by atoms with van der Waals surface area (Å²) in [7, 11) is 1.58. The zero-order valence-corrected chi connectivity index (χ0v) is 19.1. The zero-order valence-electron chi connectivity index (χ0n) is 18.3. The third-order valence-electron chi connectivity index (χ3n) is 5.56. The number of ether oxygens (including phenoxy) is 1. The van der Waals surface area contributed by atoms with Crippen molar-refractivity contribution in [2.75, 3.05) is 38.2 Å². The Balaban J connectivity index is 1.65. The molecule has 1 saturated heterocycles. The quantitative estimate of drug-likeness (QED) is 0.532. The number of nitriles is 1. The van der Waals surface area contributed by atoms with Gasteiger partial charge in [0, 0.05) is 45.3 Å². The van der Waals surface area contributed by atoms with E-state index in [4.69, 9.17) is 4.74 Å². The number of halogens is 1. The molecule has 1 aliphatic rings. The maximum atomic E-state index is 14.5. The van der Waals surface area contributed by atoms with E-state index in [-0.39, 0.29) is 24.8 Å². The number of benzene rings is 1. The highest BCUT2D eigenvalue weighted by atomic mass is 32.1. The maximum Gasteiger partial charge on any atom is 0.264 e. The summed E-state index contributed by atoms with van der Waals surface area (Å²) in [5, 5.41) is 11.1. The lowest BCUT2D eigenvalue weighted by Gasteiger charge is -2.36. The van der Waals surface area contributed by atoms with Gasteiger partial charge in [-0.1, -0.05) is 24.3 Å². The molecule has 33 heavy (non-hydrogen) atoms. The normalized spacial score (nSPS) is 13.7. The Morgan fingerprint density at radius 2 is 1.97 bits per heavy atom. The van der Waals surface area contributed by atoms with Gasteiger partial charge in [-0.05, 0) is 23.1 Å². The van der Waals surface area contributed by atoms with Crippen LogP contribution in [-0.2, 0) is 24.2 Å². The Labute approximate surface area is 196 Å². The van der Waals surface area contributed by atoms with Crippen LogP contribution in [0, 0.1) is 17.1 Å². The first-order valence-corrected chi connectivity index (χ1v) is 11.5. The minimum absolute atomic E-state index is 0.0316. The van der Waals surface area contributed by atoms with Crippen molar-refractivity contribution in [3.05, 3.63) is 75.1 Å². The number of amides is 1. The minimum atomic E-state index is -0.292. The van der Waals surface area contributed by atoms with Crippen molar-refractivity contribution < 1.29 is 13.9 Å². The molecule has 1 aromatic carbocycles. The van der Waals surface area contributed by atoms with Gasteiger partial charge in [-0.2, -0.15) is 5.26 Å². The third-order valence-corrected chi connectivity index (χ3v) is 6.42. The number of anilines is 1. The van der Waals surface area contributed by atoms with E-state index in [1.807, 2.05) is 22.4 Å². The highest BCUT2D eigenvalue weighted by Gasteiger charge is 2.27. The average molecular weight is 466 g/mol. The Morgan fingerprint density at radius 1 is 1.18 bits per heavy atom. The molecule has 4 rings (SSSR count). The van der Waals surface area contributed by atoms with Gasteiger partial charge in [0.15, 0.2) is 0 Å². The van der Waals surface area contributed by atoms with Crippen LogP contribution >= 0.6 is 11.3 Å². The molecule has 1 aliphatic heterocycles. The van der Waals surface area contributed by atoms with Gasteiger partial charge in [0.25, 0.3) is 5.91 Å². The Kier molecular flexibility index (Phi) is 7.27. The number of methoxy groups -OCH3 is 1. The van der Waals surface area contributed by atoms with Gasteiger partial charge in [0.1, 0.15) is 17.5 Å². The molecule has 170 valence electrons. The van der Waals surface area contributed by atoms with Crippen molar-refractivity contribution in [2.24, 2.45) is 0 Å². The highest BCUT2D eigenvalue weighted by molar-refractivity contribution is 7.12. The number of carbonyl (C=O) groups is 1. The molecule has 0 radical (unpaired) electrons. The standard InChI is InChI=1S/C24H24FN5O2S/c1-32-16-20-18(15-17-5-2-3-6-19(17)25)23(28-22(27-20)8-9-26)29-10-12-30(13-11-29)24(31)21-7-4-14-33-21/h2-7,14H,8,10-13,15-16H2,1H3. The number of rotatable bonds is 7. The topological polar surface area (TPSA) is 82.3 Å². The number of thiophene rings is 1. The molecule has 0 unspecified atom stereocenters. The highest BCUT2D eigenvalue weighted by Crippen LogP contribution is 2.27. The van der Waals surface area contributed by atoms with Crippen LogP contribution in [-0.4, -0.2) is 54.1 Å². The minimum Gasteiger partial charge on any atom is -0.378 e. The lowest BCUT2D eigenvalue weighted by molar-refractivity contribution is 0.0751. The van der Waals surface area contributed by atoms with E-state index < -0.39 is 0 Å². The molecule has 0 aliphatic carbocycles. The van der Waals surface area contributed by atoms with Crippen LogP contribution in [0.2, 0.25) is 0 Å². The smallest absolute Gasteiger partial charge is 0.264 e. The molecule has 3 aromatic rings. The van der Waals surface area contributed by atoms with Crippen molar-refractivity contribution in [3.8, 4) is 6.07 Å². The molecule has 1 amide bonds. The maximum absolute atomic E-state index is 14.5. The van der Waals surface area contributed by atoms with Gasteiger partial charge in [-0.3, -0.25) is 4.79 Å². The Morgan fingerprint density at radius 3 is 2.64 bits per heavy atom. The number of piperazine rings is 1. The molecule has 0 atom stereocenters. The third kappa shape index (κ3) is 5.18. The zero-order chi connectivity index (χ0) is 23.2. The molecule has 3 heterocycles. The van der Waals surface area contributed by atoms with E-state index in [0.717, 1.165) is 10.4 Å². The first-order valence-electron chi connectivity index (χ1n) is 10.7. The summed E-state index contributed by atoms with van der Waals surface area (Å²) < 4.78 is 19.8. The molecule has 2 aromatic heterocycles. The fourth-order valence-corrected chi connectivity index (χ4v) is 4.62. The monoisotopic (exact) mass is 465 g/mol. The lowest BCUT2D eigenvalue weighted by atomic mass is 10.0. The van der Waals surface area contributed by atoms with E-state index in [9.17, 15) is 14.4 Å². The number of hydrogen-bond acceptors (Lipinski definition) is 7. The number of aromatic nitrogens is 2. The van der Waals surface area contributed by atoms with Crippen LogP contribution in [0.4, 0.5) is 10.2 Å². The second kappa shape index (κ2) is 10.5. The van der Waals surface area contributed by atoms with E-state index in [0.29, 0.717) is 55.5 Å². The summed E-state index contributed by atoms with van der Waals surface area (Å²) in [4.78, 5) is 26.6. The van der Waals surface area contributed by atoms with Crippen molar-refractivity contribution in [1.82, 2.24) is 14.9 Å². The Bertz CT molecular complexity index is 1150. The summed E-state index contributed by atoms with van der Waals surface area (Å²) in [5.74, 6) is 0.825. The fraction of sp³-hybridized carbons (Fsp3) is 0.333. The largest absolute Gasteiger partial charge is 0.378 e. The number of carbonyl (C=O) groups excluding carboxylic acids is 1. The summed E-state index contributed by atoms with van der Waals surface area (Å²) >= 11 is 1.44.